The molecule has 0 aliphatic carbocycles. The Bertz CT molecular complexity index is 294. The molecule has 0 fully saturated rings. The number of hydrogen-bond donors (Lipinski definition) is 2. The first-order chi connectivity index (χ1) is 7.11. The number of carbonyl (C=O) groups is 1. The van der Waals surface area contributed by atoms with E-state index in [1.807, 2.05) is 24.6 Å². The maximum absolute atomic E-state index is 11.5. The second kappa shape index (κ2) is 5.50. The lowest BCUT2D eigenvalue weighted by Crippen LogP contribution is -2.44. The first-order valence-corrected chi connectivity index (χ1v) is 5.10. The van der Waals surface area contributed by atoms with E-state index in [2.05, 4.69) is 10.3 Å². The molecule has 3 N–H and O–H groups in total. The Kier molecular flexibility index (Phi) is 4.30. The summed E-state index contributed by atoms with van der Waals surface area (Å²) in [4.78, 5) is 15.4. The quantitative estimate of drug-likeness (QED) is 0.717. The third-order valence-corrected chi connectivity index (χ3v) is 2.25. The summed E-state index contributed by atoms with van der Waals surface area (Å²) >= 11 is 0. The Morgan fingerprint density at radius 1 is 1.60 bits per heavy atom. The SMILES string of the molecule is CC(C)C(N)C(=O)NCCn1ccnc1. The molecule has 0 spiro atoms. The van der Waals surface area contributed by atoms with Crippen LogP contribution < -0.4 is 11.1 Å². The zero-order chi connectivity index (χ0) is 11.3. The average molecular weight is 210 g/mol. The number of amides is 1. The monoisotopic (exact) mass is 210 g/mol. The van der Waals surface area contributed by atoms with Crippen molar-refractivity contribution in [3.63, 3.8) is 0 Å². The molecule has 0 saturated heterocycles. The van der Waals surface area contributed by atoms with Crippen molar-refractivity contribution < 1.29 is 4.79 Å². The highest BCUT2D eigenvalue weighted by molar-refractivity contribution is 5.81. The summed E-state index contributed by atoms with van der Waals surface area (Å²) in [5.74, 6) is 0.0726. The lowest BCUT2D eigenvalue weighted by atomic mass is 10.1. The molecule has 1 heterocycles. The standard InChI is InChI=1S/C10H18N4O/c1-8(2)9(11)10(15)13-4-6-14-5-3-12-7-14/h3,5,7-9H,4,6,11H2,1-2H3,(H,13,15). The molecule has 1 rings (SSSR count). The van der Waals surface area contributed by atoms with Crippen LogP contribution in [0.4, 0.5) is 0 Å². The molecule has 0 aliphatic rings. The molecule has 1 aromatic rings. The molecule has 1 unspecified atom stereocenters. The number of carbonyl (C=O) groups excluding carboxylic acids is 1. The lowest BCUT2D eigenvalue weighted by molar-refractivity contribution is -0.123. The van der Waals surface area contributed by atoms with Gasteiger partial charge in [-0.3, -0.25) is 4.79 Å². The van der Waals surface area contributed by atoms with Gasteiger partial charge >= 0.3 is 0 Å². The first kappa shape index (κ1) is 11.7. The molecule has 84 valence electrons. The Balaban J connectivity index is 2.23. The fourth-order valence-electron chi connectivity index (χ4n) is 1.15. The summed E-state index contributed by atoms with van der Waals surface area (Å²) in [6.45, 7) is 5.16. The van der Waals surface area contributed by atoms with E-state index in [0.717, 1.165) is 6.54 Å². The van der Waals surface area contributed by atoms with Crippen LogP contribution in [0.5, 0.6) is 0 Å². The summed E-state index contributed by atoms with van der Waals surface area (Å²) in [7, 11) is 0. The lowest BCUT2D eigenvalue weighted by Gasteiger charge is -2.15. The van der Waals surface area contributed by atoms with Crippen molar-refractivity contribution in [2.45, 2.75) is 26.4 Å². The molecule has 1 amide bonds. The van der Waals surface area contributed by atoms with Gasteiger partial charge < -0.3 is 15.6 Å². The summed E-state index contributed by atoms with van der Waals surface area (Å²) < 4.78 is 1.90. The molecule has 15 heavy (non-hydrogen) atoms. The minimum absolute atomic E-state index is 0.0925. The molecule has 1 aromatic heterocycles. The largest absolute Gasteiger partial charge is 0.353 e. The van der Waals surface area contributed by atoms with Crippen LogP contribution >= 0.6 is 0 Å². The summed E-state index contributed by atoms with van der Waals surface area (Å²) in [5.41, 5.74) is 5.69. The highest BCUT2D eigenvalue weighted by atomic mass is 16.2. The predicted molar refractivity (Wildman–Crippen MR) is 58.1 cm³/mol. The molecular formula is C10H18N4O. The van der Waals surface area contributed by atoms with Gasteiger partial charge in [0.05, 0.1) is 12.4 Å². The fourth-order valence-corrected chi connectivity index (χ4v) is 1.15. The highest BCUT2D eigenvalue weighted by Crippen LogP contribution is 1.97. The van der Waals surface area contributed by atoms with E-state index in [-0.39, 0.29) is 11.8 Å². The van der Waals surface area contributed by atoms with Crippen LogP contribution in [0.25, 0.3) is 0 Å². The van der Waals surface area contributed by atoms with E-state index in [4.69, 9.17) is 5.73 Å². The number of nitrogens with one attached hydrogen (secondary N) is 1. The van der Waals surface area contributed by atoms with Gasteiger partial charge in [0.2, 0.25) is 5.91 Å². The number of nitrogens with zero attached hydrogens (tertiary/aromatic N) is 2. The summed E-state index contributed by atoms with van der Waals surface area (Å²) in [6.07, 6.45) is 5.28. The normalized spacial score (nSPS) is 12.8. The Morgan fingerprint density at radius 2 is 2.33 bits per heavy atom. The van der Waals surface area contributed by atoms with E-state index in [1.54, 1.807) is 12.5 Å². The van der Waals surface area contributed by atoms with Crippen LogP contribution in [0.1, 0.15) is 13.8 Å². The van der Waals surface area contributed by atoms with Gasteiger partial charge in [-0.2, -0.15) is 0 Å². The van der Waals surface area contributed by atoms with Crippen molar-refractivity contribution >= 4 is 5.91 Å². The van der Waals surface area contributed by atoms with Crippen LogP contribution in [0.3, 0.4) is 0 Å². The number of hydrogen-bond acceptors (Lipinski definition) is 3. The maximum atomic E-state index is 11.5. The second-order valence-corrected chi connectivity index (χ2v) is 3.86. The molecule has 5 heteroatoms. The molecule has 5 nitrogen and oxygen atoms in total. The van der Waals surface area contributed by atoms with Crippen LogP contribution in [-0.2, 0) is 11.3 Å². The minimum atomic E-state index is -0.423. The predicted octanol–water partition coefficient (Wildman–Crippen LogP) is -0.0174. The van der Waals surface area contributed by atoms with Gasteiger partial charge in [0.1, 0.15) is 0 Å². The van der Waals surface area contributed by atoms with Crippen LogP contribution in [0, 0.1) is 5.92 Å². The van der Waals surface area contributed by atoms with Crippen molar-refractivity contribution in [3.05, 3.63) is 18.7 Å². The van der Waals surface area contributed by atoms with Crippen LogP contribution in [0.15, 0.2) is 18.7 Å². The molecular weight excluding hydrogens is 192 g/mol. The molecule has 0 radical (unpaired) electrons. The van der Waals surface area contributed by atoms with Crippen molar-refractivity contribution in [1.82, 2.24) is 14.9 Å². The minimum Gasteiger partial charge on any atom is -0.353 e. The van der Waals surface area contributed by atoms with Crippen LogP contribution in [-0.4, -0.2) is 28.0 Å². The van der Waals surface area contributed by atoms with Crippen molar-refractivity contribution in [2.24, 2.45) is 11.7 Å². The summed E-state index contributed by atoms with van der Waals surface area (Å²) in [5, 5.41) is 2.79. The van der Waals surface area contributed by atoms with Gasteiger partial charge in [-0.25, -0.2) is 4.98 Å². The Labute approximate surface area is 89.7 Å². The molecule has 1 atom stereocenters. The number of imidazole rings is 1. The van der Waals surface area contributed by atoms with E-state index in [0.29, 0.717) is 6.54 Å². The van der Waals surface area contributed by atoms with Crippen LogP contribution in [0.2, 0.25) is 0 Å². The van der Waals surface area contributed by atoms with E-state index in [9.17, 15) is 4.79 Å². The zero-order valence-electron chi connectivity index (χ0n) is 9.18. The average Bonchev–Trinajstić information content (AvgIpc) is 2.69. The smallest absolute Gasteiger partial charge is 0.237 e. The number of rotatable bonds is 5. The maximum Gasteiger partial charge on any atom is 0.237 e. The van der Waals surface area contributed by atoms with Crippen molar-refractivity contribution in [2.75, 3.05) is 6.54 Å². The molecule has 0 bridgehead atoms. The van der Waals surface area contributed by atoms with Crippen molar-refractivity contribution in [1.29, 1.82) is 0 Å². The summed E-state index contributed by atoms with van der Waals surface area (Å²) in [6, 6.07) is -0.423. The second-order valence-electron chi connectivity index (χ2n) is 3.86. The van der Waals surface area contributed by atoms with Gasteiger partial charge in [0, 0.05) is 25.5 Å². The van der Waals surface area contributed by atoms with Gasteiger partial charge in [-0.15, -0.1) is 0 Å². The van der Waals surface area contributed by atoms with E-state index in [1.165, 1.54) is 0 Å². The molecule has 0 aliphatic heterocycles. The molecule has 0 saturated carbocycles. The Morgan fingerprint density at radius 3 is 2.87 bits per heavy atom. The zero-order valence-corrected chi connectivity index (χ0v) is 9.18. The first-order valence-electron chi connectivity index (χ1n) is 5.10. The van der Waals surface area contributed by atoms with Gasteiger partial charge in [0.25, 0.3) is 0 Å². The third kappa shape index (κ3) is 3.71. The van der Waals surface area contributed by atoms with E-state index < -0.39 is 6.04 Å². The highest BCUT2D eigenvalue weighted by Gasteiger charge is 2.15. The van der Waals surface area contributed by atoms with Gasteiger partial charge in [-0.05, 0) is 5.92 Å². The van der Waals surface area contributed by atoms with Gasteiger partial charge in [0.15, 0.2) is 0 Å². The fraction of sp³-hybridized carbons (Fsp3) is 0.600. The number of aromatic nitrogens is 2. The van der Waals surface area contributed by atoms with Crippen molar-refractivity contribution in [3.8, 4) is 0 Å². The molecule has 0 aromatic carbocycles. The third-order valence-electron chi connectivity index (χ3n) is 2.25. The number of nitrogens with two attached hydrogens (primary N) is 1. The van der Waals surface area contributed by atoms with E-state index >= 15 is 0 Å². The Hall–Kier alpha value is -1.36. The van der Waals surface area contributed by atoms with Gasteiger partial charge in [-0.1, -0.05) is 13.8 Å². The topological polar surface area (TPSA) is 72.9 Å².